The number of rotatable bonds is 5. The van der Waals surface area contributed by atoms with E-state index in [2.05, 4.69) is 12.1 Å². The van der Waals surface area contributed by atoms with Crippen LogP contribution >= 0.6 is 0 Å². The Morgan fingerprint density at radius 2 is 1.88 bits per heavy atom. The molecule has 0 heterocycles. The van der Waals surface area contributed by atoms with Crippen LogP contribution in [0.4, 0.5) is 0 Å². The summed E-state index contributed by atoms with van der Waals surface area (Å²) in [5.41, 5.74) is 7.08. The Hall–Kier alpha value is -1.35. The van der Waals surface area contributed by atoms with Gasteiger partial charge in [0.25, 0.3) is 0 Å². The number of amides is 1. The second kappa shape index (κ2) is 6.40. The Kier molecular flexibility index (Phi) is 5.16. The maximum Gasteiger partial charge on any atom is 0.239 e. The highest BCUT2D eigenvalue weighted by Gasteiger charge is 2.20. The maximum absolute atomic E-state index is 11.9. The van der Waals surface area contributed by atoms with E-state index >= 15 is 0 Å². The van der Waals surface area contributed by atoms with E-state index in [9.17, 15) is 4.79 Å². The van der Waals surface area contributed by atoms with Crippen LogP contribution in [0.15, 0.2) is 30.3 Å². The topological polar surface area (TPSA) is 46.3 Å². The minimum Gasteiger partial charge on any atom is -0.344 e. The van der Waals surface area contributed by atoms with Crippen LogP contribution in [0.5, 0.6) is 0 Å². The first-order valence-corrected chi connectivity index (χ1v) is 6.07. The first kappa shape index (κ1) is 13.7. The second-order valence-electron chi connectivity index (χ2n) is 4.77. The van der Waals surface area contributed by atoms with Crippen molar-refractivity contribution in [3.8, 4) is 0 Å². The van der Waals surface area contributed by atoms with E-state index in [1.807, 2.05) is 39.1 Å². The molecule has 0 radical (unpaired) electrons. The van der Waals surface area contributed by atoms with Gasteiger partial charge in [-0.2, -0.15) is 0 Å². The van der Waals surface area contributed by atoms with Gasteiger partial charge in [-0.1, -0.05) is 44.2 Å². The van der Waals surface area contributed by atoms with Crippen LogP contribution in [-0.2, 0) is 11.2 Å². The lowest BCUT2D eigenvalue weighted by molar-refractivity contribution is -0.132. The van der Waals surface area contributed by atoms with Crippen LogP contribution in [0.25, 0.3) is 0 Å². The summed E-state index contributed by atoms with van der Waals surface area (Å²) in [5, 5.41) is 0. The molecule has 0 aromatic heterocycles. The third-order valence-electron chi connectivity index (χ3n) is 2.96. The smallest absolute Gasteiger partial charge is 0.239 e. The van der Waals surface area contributed by atoms with Crippen LogP contribution in [0.2, 0.25) is 0 Å². The van der Waals surface area contributed by atoms with Crippen molar-refractivity contribution < 1.29 is 4.79 Å². The monoisotopic (exact) mass is 234 g/mol. The van der Waals surface area contributed by atoms with E-state index < -0.39 is 6.04 Å². The van der Waals surface area contributed by atoms with Gasteiger partial charge in [0.2, 0.25) is 5.91 Å². The standard InChI is InChI=1S/C14H22N2O/c1-11(2)13(15)14(17)16(3)10-9-12-7-5-4-6-8-12/h4-8,11,13H,9-10,15H2,1-3H3/t13-/m0/s1. The van der Waals surface area contributed by atoms with Crippen molar-refractivity contribution in [2.45, 2.75) is 26.3 Å². The lowest BCUT2D eigenvalue weighted by atomic mass is 10.0. The van der Waals surface area contributed by atoms with Gasteiger partial charge in [0.15, 0.2) is 0 Å². The Labute approximate surface area is 104 Å². The molecule has 1 aromatic rings. The molecule has 0 unspecified atom stereocenters. The number of benzene rings is 1. The maximum atomic E-state index is 11.9. The minimum atomic E-state index is -0.393. The Morgan fingerprint density at radius 1 is 1.29 bits per heavy atom. The third kappa shape index (κ3) is 4.19. The minimum absolute atomic E-state index is 0.0240. The molecule has 1 amide bonds. The SMILES string of the molecule is CC(C)[C@H](N)C(=O)N(C)CCc1ccccc1. The number of hydrogen-bond acceptors (Lipinski definition) is 2. The molecule has 0 aliphatic carbocycles. The van der Waals surface area contributed by atoms with Crippen molar-refractivity contribution in [2.75, 3.05) is 13.6 Å². The molecule has 0 saturated heterocycles. The molecule has 0 aliphatic heterocycles. The average Bonchev–Trinajstić information content (AvgIpc) is 2.35. The van der Waals surface area contributed by atoms with Crippen LogP contribution in [0.3, 0.4) is 0 Å². The molecule has 2 N–H and O–H groups in total. The molecule has 3 heteroatoms. The Morgan fingerprint density at radius 3 is 2.41 bits per heavy atom. The van der Waals surface area contributed by atoms with Crippen molar-refractivity contribution in [2.24, 2.45) is 11.7 Å². The summed E-state index contributed by atoms with van der Waals surface area (Å²) in [6, 6.07) is 9.76. The van der Waals surface area contributed by atoms with Crippen LogP contribution in [0, 0.1) is 5.92 Å². The summed E-state index contributed by atoms with van der Waals surface area (Å²) in [7, 11) is 1.81. The lowest BCUT2D eigenvalue weighted by Gasteiger charge is -2.23. The first-order chi connectivity index (χ1) is 8.02. The van der Waals surface area contributed by atoms with Crippen LogP contribution in [0.1, 0.15) is 19.4 Å². The van der Waals surface area contributed by atoms with Crippen molar-refractivity contribution in [3.63, 3.8) is 0 Å². The summed E-state index contributed by atoms with van der Waals surface area (Å²) in [6.45, 7) is 4.64. The zero-order valence-corrected chi connectivity index (χ0v) is 10.9. The van der Waals surface area contributed by atoms with E-state index in [-0.39, 0.29) is 11.8 Å². The van der Waals surface area contributed by atoms with Gasteiger partial charge in [0.05, 0.1) is 6.04 Å². The van der Waals surface area contributed by atoms with Gasteiger partial charge >= 0.3 is 0 Å². The van der Waals surface area contributed by atoms with E-state index in [0.29, 0.717) is 6.54 Å². The van der Waals surface area contributed by atoms with E-state index in [4.69, 9.17) is 5.73 Å². The fourth-order valence-electron chi connectivity index (χ4n) is 1.59. The van der Waals surface area contributed by atoms with Gasteiger partial charge in [-0.3, -0.25) is 4.79 Å². The zero-order valence-electron chi connectivity index (χ0n) is 10.9. The number of hydrogen-bond donors (Lipinski definition) is 1. The molecule has 0 saturated carbocycles. The van der Waals surface area contributed by atoms with E-state index in [0.717, 1.165) is 6.42 Å². The van der Waals surface area contributed by atoms with Crippen molar-refractivity contribution in [1.29, 1.82) is 0 Å². The lowest BCUT2D eigenvalue weighted by Crippen LogP contribution is -2.45. The number of likely N-dealkylation sites (N-methyl/N-ethyl adjacent to an activating group) is 1. The molecule has 1 aromatic carbocycles. The first-order valence-electron chi connectivity index (χ1n) is 6.07. The van der Waals surface area contributed by atoms with Gasteiger partial charge in [-0.25, -0.2) is 0 Å². The predicted octanol–water partition coefficient (Wildman–Crippen LogP) is 1.67. The van der Waals surface area contributed by atoms with E-state index in [1.165, 1.54) is 5.56 Å². The molecular weight excluding hydrogens is 212 g/mol. The summed E-state index contributed by atoms with van der Waals surface area (Å²) >= 11 is 0. The van der Waals surface area contributed by atoms with Gasteiger partial charge < -0.3 is 10.6 Å². The van der Waals surface area contributed by atoms with Crippen molar-refractivity contribution >= 4 is 5.91 Å². The summed E-state index contributed by atoms with van der Waals surface area (Å²) in [4.78, 5) is 13.6. The molecule has 0 spiro atoms. The molecule has 3 nitrogen and oxygen atoms in total. The molecule has 0 aliphatic rings. The van der Waals surface area contributed by atoms with Gasteiger partial charge in [0, 0.05) is 13.6 Å². The van der Waals surface area contributed by atoms with Crippen molar-refractivity contribution in [3.05, 3.63) is 35.9 Å². The highest BCUT2D eigenvalue weighted by Crippen LogP contribution is 2.04. The van der Waals surface area contributed by atoms with Gasteiger partial charge in [-0.05, 0) is 17.9 Å². The van der Waals surface area contributed by atoms with Crippen LogP contribution < -0.4 is 5.73 Å². The molecule has 0 bridgehead atoms. The normalized spacial score (nSPS) is 12.5. The number of nitrogens with two attached hydrogens (primary N) is 1. The second-order valence-corrected chi connectivity index (χ2v) is 4.77. The molecule has 0 fully saturated rings. The fraction of sp³-hybridized carbons (Fsp3) is 0.500. The van der Waals surface area contributed by atoms with Gasteiger partial charge in [-0.15, -0.1) is 0 Å². The molecule has 1 rings (SSSR count). The third-order valence-corrected chi connectivity index (χ3v) is 2.96. The molecule has 17 heavy (non-hydrogen) atoms. The summed E-state index contributed by atoms with van der Waals surface area (Å²) in [5.74, 6) is 0.206. The summed E-state index contributed by atoms with van der Waals surface area (Å²) < 4.78 is 0. The highest BCUT2D eigenvalue weighted by molar-refractivity contribution is 5.81. The molecule has 94 valence electrons. The number of nitrogens with zero attached hydrogens (tertiary/aromatic N) is 1. The van der Waals surface area contributed by atoms with Crippen LogP contribution in [-0.4, -0.2) is 30.4 Å². The predicted molar refractivity (Wildman–Crippen MR) is 70.6 cm³/mol. The van der Waals surface area contributed by atoms with Gasteiger partial charge in [0.1, 0.15) is 0 Å². The molecular formula is C14H22N2O. The summed E-state index contributed by atoms with van der Waals surface area (Å²) in [6.07, 6.45) is 0.869. The van der Waals surface area contributed by atoms with Crippen molar-refractivity contribution in [1.82, 2.24) is 4.90 Å². The Balaban J connectivity index is 2.45. The number of carbonyl (C=O) groups is 1. The largest absolute Gasteiger partial charge is 0.344 e. The quantitative estimate of drug-likeness (QED) is 0.842. The zero-order chi connectivity index (χ0) is 12.8. The Bertz CT molecular complexity index is 348. The average molecular weight is 234 g/mol. The highest BCUT2D eigenvalue weighted by atomic mass is 16.2. The molecule has 1 atom stereocenters. The number of carbonyl (C=O) groups excluding carboxylic acids is 1. The van der Waals surface area contributed by atoms with E-state index in [1.54, 1.807) is 4.90 Å². The fourth-order valence-corrected chi connectivity index (χ4v) is 1.59.